The number of nitrogens with zero attached hydrogens (tertiary/aromatic N) is 3. The van der Waals surface area contributed by atoms with Crippen molar-refractivity contribution in [2.75, 3.05) is 18.0 Å². The molecule has 1 aliphatic heterocycles. The van der Waals surface area contributed by atoms with E-state index >= 15 is 0 Å². The van der Waals surface area contributed by atoms with E-state index in [0.29, 0.717) is 17.5 Å². The second kappa shape index (κ2) is 7.03. The van der Waals surface area contributed by atoms with E-state index in [9.17, 15) is 10.1 Å². The van der Waals surface area contributed by atoms with Gasteiger partial charge in [0, 0.05) is 19.3 Å². The summed E-state index contributed by atoms with van der Waals surface area (Å²) in [5.41, 5.74) is 0.732. The molecule has 0 spiro atoms. The Bertz CT molecular complexity index is 618. The Morgan fingerprint density at radius 3 is 2.32 bits per heavy atom. The van der Waals surface area contributed by atoms with Crippen molar-refractivity contribution in [2.45, 2.75) is 58.9 Å². The molecule has 0 N–H and O–H groups in total. The summed E-state index contributed by atoms with van der Waals surface area (Å²) < 4.78 is 6.70. The average molecular weight is 366 g/mol. The maximum Gasteiger partial charge on any atom is 0.310 e. The number of hydrogen-bond acceptors (Lipinski definition) is 5. The highest BCUT2D eigenvalue weighted by Gasteiger charge is 2.43. The smallest absolute Gasteiger partial charge is 0.310 e. The first-order valence-electron chi connectivity index (χ1n) is 8.95. The summed E-state index contributed by atoms with van der Waals surface area (Å²) in [7, 11) is -1.84. The summed E-state index contributed by atoms with van der Waals surface area (Å²) in [5.74, 6) is 0.622. The highest BCUT2D eigenvalue weighted by molar-refractivity contribution is 6.74. The first-order valence-corrected chi connectivity index (χ1v) is 11.9. The van der Waals surface area contributed by atoms with Gasteiger partial charge in [0.05, 0.1) is 11.0 Å². The molecule has 7 heteroatoms. The maximum atomic E-state index is 11.3. The normalized spacial score (nSPS) is 25.1. The predicted molar refractivity (Wildman–Crippen MR) is 104 cm³/mol. The van der Waals surface area contributed by atoms with Crippen molar-refractivity contribution in [2.24, 2.45) is 11.8 Å². The zero-order valence-electron chi connectivity index (χ0n) is 16.4. The van der Waals surface area contributed by atoms with Crippen LogP contribution in [0, 0.1) is 22.0 Å². The summed E-state index contributed by atoms with van der Waals surface area (Å²) in [6, 6.07) is 1.74. The number of piperidine rings is 1. The summed E-state index contributed by atoms with van der Waals surface area (Å²) in [5, 5.41) is 11.5. The van der Waals surface area contributed by atoms with Crippen LogP contribution in [0.1, 0.15) is 34.6 Å². The zero-order chi connectivity index (χ0) is 19.0. The van der Waals surface area contributed by atoms with Gasteiger partial charge in [0.1, 0.15) is 11.9 Å². The Balaban J connectivity index is 2.19. The van der Waals surface area contributed by atoms with Gasteiger partial charge in [-0.2, -0.15) is 0 Å². The van der Waals surface area contributed by atoms with Crippen molar-refractivity contribution in [3.05, 3.63) is 28.6 Å². The van der Waals surface area contributed by atoms with Crippen molar-refractivity contribution in [1.29, 1.82) is 0 Å². The van der Waals surface area contributed by atoms with E-state index < -0.39 is 8.32 Å². The largest absolute Gasteiger partial charge is 0.413 e. The highest BCUT2D eigenvalue weighted by atomic mass is 28.4. The molecule has 3 atom stereocenters. The van der Waals surface area contributed by atoms with E-state index in [0.717, 1.165) is 13.1 Å². The van der Waals surface area contributed by atoms with Crippen molar-refractivity contribution in [3.8, 4) is 0 Å². The minimum Gasteiger partial charge on any atom is -0.413 e. The molecule has 2 heterocycles. The van der Waals surface area contributed by atoms with Gasteiger partial charge in [-0.1, -0.05) is 34.6 Å². The highest BCUT2D eigenvalue weighted by Crippen LogP contribution is 2.41. The van der Waals surface area contributed by atoms with Crippen LogP contribution < -0.4 is 4.90 Å². The molecule has 6 nitrogen and oxygen atoms in total. The third kappa shape index (κ3) is 4.20. The van der Waals surface area contributed by atoms with Gasteiger partial charge >= 0.3 is 5.69 Å². The lowest BCUT2D eigenvalue weighted by Gasteiger charge is -2.47. The molecule has 0 radical (unpaired) electrons. The van der Waals surface area contributed by atoms with Crippen LogP contribution in [0.2, 0.25) is 18.1 Å². The fraction of sp³-hybridized carbons (Fsp3) is 0.722. The molecule has 0 amide bonds. The molecule has 0 bridgehead atoms. The molecule has 1 aromatic rings. The zero-order valence-corrected chi connectivity index (χ0v) is 17.4. The summed E-state index contributed by atoms with van der Waals surface area (Å²) in [6.07, 6.45) is 3.15. The number of aromatic nitrogens is 1. The van der Waals surface area contributed by atoms with Gasteiger partial charge in [-0.3, -0.25) is 15.1 Å². The molecule has 25 heavy (non-hydrogen) atoms. The molecule has 0 saturated carbocycles. The van der Waals surface area contributed by atoms with Crippen LogP contribution in [0.3, 0.4) is 0 Å². The van der Waals surface area contributed by atoms with Gasteiger partial charge in [-0.05, 0) is 36.0 Å². The number of pyridine rings is 1. The van der Waals surface area contributed by atoms with Gasteiger partial charge in [0.25, 0.3) is 0 Å². The molecule has 1 aromatic heterocycles. The molecule has 1 saturated heterocycles. The van der Waals surface area contributed by atoms with Crippen LogP contribution in [0.15, 0.2) is 18.5 Å². The van der Waals surface area contributed by atoms with E-state index in [2.05, 4.69) is 57.6 Å². The lowest BCUT2D eigenvalue weighted by molar-refractivity contribution is -0.384. The van der Waals surface area contributed by atoms with Gasteiger partial charge < -0.3 is 9.33 Å². The third-order valence-corrected chi connectivity index (χ3v) is 10.2. The Morgan fingerprint density at radius 2 is 1.84 bits per heavy atom. The van der Waals surface area contributed by atoms with E-state index in [1.807, 2.05) is 0 Å². The van der Waals surface area contributed by atoms with Crippen LogP contribution in [-0.2, 0) is 4.43 Å². The number of rotatable bonds is 4. The van der Waals surface area contributed by atoms with Crippen molar-refractivity contribution >= 4 is 19.7 Å². The molecular formula is C18H31N3O3Si. The molecule has 140 valence electrons. The summed E-state index contributed by atoms with van der Waals surface area (Å²) >= 11 is 0. The quantitative estimate of drug-likeness (QED) is 0.447. The Kier molecular flexibility index (Phi) is 5.58. The van der Waals surface area contributed by atoms with E-state index in [-0.39, 0.29) is 21.8 Å². The SMILES string of the molecule is C[C@@H]1CN(c2ccncc2[N+](=O)[O-])C[C@H](C)[C@H]1O[Si](C)(C)C(C)(C)C. The molecule has 0 aromatic carbocycles. The van der Waals surface area contributed by atoms with E-state index in [1.165, 1.54) is 6.20 Å². The van der Waals surface area contributed by atoms with Gasteiger partial charge in [0.15, 0.2) is 8.32 Å². The van der Waals surface area contributed by atoms with Crippen molar-refractivity contribution in [1.82, 2.24) is 4.98 Å². The minimum absolute atomic E-state index is 0.0747. The van der Waals surface area contributed by atoms with Crippen LogP contribution in [0.4, 0.5) is 11.4 Å². The molecule has 0 aliphatic carbocycles. The van der Waals surface area contributed by atoms with Crippen molar-refractivity contribution in [3.63, 3.8) is 0 Å². The lowest BCUT2D eigenvalue weighted by atomic mass is 9.88. The minimum atomic E-state index is -1.84. The molecule has 1 aliphatic rings. The molecule has 2 rings (SSSR count). The van der Waals surface area contributed by atoms with Gasteiger partial charge in [0.2, 0.25) is 0 Å². The molecule has 1 fully saturated rings. The van der Waals surface area contributed by atoms with Crippen LogP contribution in [0.5, 0.6) is 0 Å². The first-order chi connectivity index (χ1) is 11.4. The Hall–Kier alpha value is -1.47. The second-order valence-corrected chi connectivity index (χ2v) is 13.6. The lowest BCUT2D eigenvalue weighted by Crippen LogP contribution is -2.54. The third-order valence-electron chi connectivity index (χ3n) is 5.69. The second-order valence-electron chi connectivity index (χ2n) is 8.82. The maximum absolute atomic E-state index is 11.3. The van der Waals surface area contributed by atoms with E-state index in [1.54, 1.807) is 12.3 Å². The summed E-state index contributed by atoms with van der Waals surface area (Å²) in [4.78, 5) is 17.0. The monoisotopic (exact) mass is 365 g/mol. The first kappa shape index (κ1) is 19.8. The van der Waals surface area contributed by atoms with Crippen LogP contribution in [0.25, 0.3) is 0 Å². The Labute approximate surface area is 151 Å². The van der Waals surface area contributed by atoms with Crippen LogP contribution in [-0.4, -0.2) is 37.4 Å². The number of hydrogen-bond donors (Lipinski definition) is 0. The number of nitro groups is 1. The molecule has 0 unspecified atom stereocenters. The topological polar surface area (TPSA) is 68.5 Å². The standard InChI is InChI=1S/C18H31N3O3Si/c1-13-11-20(15-8-9-19-10-16(15)21(22)23)12-14(2)17(13)24-25(6,7)18(3,4)5/h8-10,13-14,17H,11-12H2,1-7H3/t13-,14+,17+. The molecular weight excluding hydrogens is 334 g/mol. The van der Waals surface area contributed by atoms with Gasteiger partial charge in [-0.15, -0.1) is 0 Å². The van der Waals surface area contributed by atoms with Crippen molar-refractivity contribution < 1.29 is 9.35 Å². The summed E-state index contributed by atoms with van der Waals surface area (Å²) in [6.45, 7) is 17.2. The predicted octanol–water partition coefficient (Wildman–Crippen LogP) is 4.47. The number of anilines is 1. The average Bonchev–Trinajstić information content (AvgIpc) is 2.49. The van der Waals surface area contributed by atoms with Gasteiger partial charge in [-0.25, -0.2) is 0 Å². The van der Waals surface area contributed by atoms with E-state index in [4.69, 9.17) is 4.43 Å². The fourth-order valence-corrected chi connectivity index (χ4v) is 4.77. The fourth-order valence-electron chi connectivity index (χ4n) is 3.27. The van der Waals surface area contributed by atoms with Crippen LogP contribution >= 0.6 is 0 Å². The Morgan fingerprint density at radius 1 is 1.28 bits per heavy atom.